The molecule has 1 N–H and O–H groups in total. The standard InChI is InChI=1S/C12H14BrNO/c1-9(2)8-14-12(15)7-10-4-3-5-11(13)6-10/h3-6H,1,7-8H2,2H3,(H,14,15). The zero-order valence-corrected chi connectivity index (χ0v) is 10.3. The summed E-state index contributed by atoms with van der Waals surface area (Å²) in [4.78, 5) is 11.5. The molecule has 15 heavy (non-hydrogen) atoms. The number of carbonyl (C=O) groups is 1. The minimum absolute atomic E-state index is 0.0242. The van der Waals surface area contributed by atoms with Gasteiger partial charge in [0.1, 0.15) is 0 Å². The van der Waals surface area contributed by atoms with Gasteiger partial charge in [0, 0.05) is 11.0 Å². The van der Waals surface area contributed by atoms with E-state index in [2.05, 4.69) is 27.8 Å². The minimum atomic E-state index is 0.0242. The van der Waals surface area contributed by atoms with Crippen LogP contribution in [-0.4, -0.2) is 12.5 Å². The van der Waals surface area contributed by atoms with E-state index in [0.717, 1.165) is 15.6 Å². The predicted molar refractivity (Wildman–Crippen MR) is 65.7 cm³/mol. The summed E-state index contributed by atoms with van der Waals surface area (Å²) in [5, 5.41) is 2.80. The van der Waals surface area contributed by atoms with Crippen LogP contribution in [0.25, 0.3) is 0 Å². The Balaban J connectivity index is 2.48. The Labute approximate surface area is 98.5 Å². The summed E-state index contributed by atoms with van der Waals surface area (Å²) in [5.41, 5.74) is 1.96. The highest BCUT2D eigenvalue weighted by atomic mass is 79.9. The quantitative estimate of drug-likeness (QED) is 0.836. The Bertz CT molecular complexity index is 374. The highest BCUT2D eigenvalue weighted by Gasteiger charge is 2.02. The molecular formula is C12H14BrNO. The number of amides is 1. The van der Waals surface area contributed by atoms with Crippen LogP contribution in [0.2, 0.25) is 0 Å². The van der Waals surface area contributed by atoms with Crippen LogP contribution in [0.5, 0.6) is 0 Å². The lowest BCUT2D eigenvalue weighted by molar-refractivity contribution is -0.120. The summed E-state index contributed by atoms with van der Waals surface area (Å²) >= 11 is 3.37. The number of hydrogen-bond donors (Lipinski definition) is 1. The van der Waals surface area contributed by atoms with E-state index in [-0.39, 0.29) is 5.91 Å². The van der Waals surface area contributed by atoms with Crippen LogP contribution in [0.3, 0.4) is 0 Å². The summed E-state index contributed by atoms with van der Waals surface area (Å²) in [6, 6.07) is 7.74. The van der Waals surface area contributed by atoms with Crippen molar-refractivity contribution in [3.63, 3.8) is 0 Å². The minimum Gasteiger partial charge on any atom is -0.352 e. The Morgan fingerprint density at radius 3 is 2.87 bits per heavy atom. The number of rotatable bonds is 4. The number of carbonyl (C=O) groups excluding carboxylic acids is 1. The summed E-state index contributed by atoms with van der Waals surface area (Å²) in [6.07, 6.45) is 0.409. The third-order valence-corrected chi connectivity index (χ3v) is 2.33. The molecule has 2 nitrogen and oxygen atoms in total. The van der Waals surface area contributed by atoms with Crippen LogP contribution < -0.4 is 5.32 Å². The largest absolute Gasteiger partial charge is 0.352 e. The van der Waals surface area contributed by atoms with Crippen molar-refractivity contribution in [2.24, 2.45) is 0 Å². The molecule has 0 heterocycles. The van der Waals surface area contributed by atoms with Crippen LogP contribution in [0.15, 0.2) is 40.9 Å². The summed E-state index contributed by atoms with van der Waals surface area (Å²) in [5.74, 6) is 0.0242. The van der Waals surface area contributed by atoms with Gasteiger partial charge in [-0.1, -0.05) is 40.2 Å². The van der Waals surface area contributed by atoms with E-state index in [4.69, 9.17) is 0 Å². The van der Waals surface area contributed by atoms with E-state index < -0.39 is 0 Å². The molecule has 0 aromatic heterocycles. The van der Waals surface area contributed by atoms with Gasteiger partial charge in [-0.2, -0.15) is 0 Å². The van der Waals surface area contributed by atoms with Crippen molar-refractivity contribution in [2.45, 2.75) is 13.3 Å². The zero-order chi connectivity index (χ0) is 11.3. The van der Waals surface area contributed by atoms with Gasteiger partial charge in [-0.15, -0.1) is 0 Å². The average molecular weight is 268 g/mol. The van der Waals surface area contributed by atoms with Gasteiger partial charge in [-0.3, -0.25) is 4.79 Å². The van der Waals surface area contributed by atoms with Crippen molar-refractivity contribution in [1.82, 2.24) is 5.32 Å². The highest BCUT2D eigenvalue weighted by molar-refractivity contribution is 9.10. The Morgan fingerprint density at radius 1 is 1.53 bits per heavy atom. The van der Waals surface area contributed by atoms with Gasteiger partial charge in [0.15, 0.2) is 0 Å². The maximum Gasteiger partial charge on any atom is 0.224 e. The molecule has 1 aromatic rings. The smallest absolute Gasteiger partial charge is 0.224 e. The maximum absolute atomic E-state index is 11.5. The lowest BCUT2D eigenvalue weighted by Gasteiger charge is -2.04. The van der Waals surface area contributed by atoms with Gasteiger partial charge < -0.3 is 5.32 Å². The van der Waals surface area contributed by atoms with Crippen LogP contribution in [-0.2, 0) is 11.2 Å². The molecular weight excluding hydrogens is 254 g/mol. The van der Waals surface area contributed by atoms with Crippen molar-refractivity contribution in [1.29, 1.82) is 0 Å². The molecule has 80 valence electrons. The fourth-order valence-electron chi connectivity index (χ4n) is 1.14. The zero-order valence-electron chi connectivity index (χ0n) is 8.72. The van der Waals surface area contributed by atoms with Gasteiger partial charge >= 0.3 is 0 Å². The second-order valence-electron chi connectivity index (χ2n) is 3.54. The monoisotopic (exact) mass is 267 g/mol. The number of nitrogens with one attached hydrogen (secondary N) is 1. The maximum atomic E-state index is 11.5. The van der Waals surface area contributed by atoms with Crippen LogP contribution >= 0.6 is 15.9 Å². The van der Waals surface area contributed by atoms with E-state index in [0.29, 0.717) is 13.0 Å². The topological polar surface area (TPSA) is 29.1 Å². The molecule has 0 unspecified atom stereocenters. The van der Waals surface area contributed by atoms with E-state index in [1.54, 1.807) is 0 Å². The summed E-state index contributed by atoms with van der Waals surface area (Å²) < 4.78 is 0.993. The van der Waals surface area contributed by atoms with Gasteiger partial charge in [-0.05, 0) is 24.6 Å². The molecule has 1 rings (SSSR count). The van der Waals surface area contributed by atoms with Gasteiger partial charge in [-0.25, -0.2) is 0 Å². The van der Waals surface area contributed by atoms with Crippen molar-refractivity contribution in [2.75, 3.05) is 6.54 Å². The fraction of sp³-hybridized carbons (Fsp3) is 0.250. The van der Waals surface area contributed by atoms with Crippen molar-refractivity contribution in [3.8, 4) is 0 Å². The summed E-state index contributed by atoms with van der Waals surface area (Å²) in [7, 11) is 0. The van der Waals surface area contributed by atoms with Gasteiger partial charge in [0.05, 0.1) is 6.42 Å². The first-order valence-electron chi connectivity index (χ1n) is 4.73. The molecule has 0 saturated heterocycles. The lowest BCUT2D eigenvalue weighted by Crippen LogP contribution is -2.26. The normalized spacial score (nSPS) is 9.73. The third kappa shape index (κ3) is 4.79. The molecule has 0 spiro atoms. The van der Waals surface area contributed by atoms with Crippen LogP contribution in [0.4, 0.5) is 0 Å². The molecule has 0 bridgehead atoms. The highest BCUT2D eigenvalue weighted by Crippen LogP contribution is 2.11. The molecule has 0 radical (unpaired) electrons. The average Bonchev–Trinajstić information content (AvgIpc) is 2.15. The molecule has 3 heteroatoms. The molecule has 1 amide bonds. The molecule has 0 fully saturated rings. The molecule has 0 atom stereocenters. The van der Waals surface area contributed by atoms with Crippen LogP contribution in [0, 0.1) is 0 Å². The van der Waals surface area contributed by atoms with E-state index >= 15 is 0 Å². The van der Waals surface area contributed by atoms with E-state index in [1.807, 2.05) is 31.2 Å². The van der Waals surface area contributed by atoms with Crippen molar-refractivity contribution < 1.29 is 4.79 Å². The van der Waals surface area contributed by atoms with Crippen molar-refractivity contribution >= 4 is 21.8 Å². The fourth-order valence-corrected chi connectivity index (χ4v) is 1.59. The first kappa shape index (κ1) is 12.0. The first-order chi connectivity index (χ1) is 7.08. The number of hydrogen-bond acceptors (Lipinski definition) is 1. The number of halogens is 1. The Kier molecular flexibility index (Phi) is 4.56. The van der Waals surface area contributed by atoms with Crippen LogP contribution in [0.1, 0.15) is 12.5 Å². The Hall–Kier alpha value is -1.09. The van der Waals surface area contributed by atoms with Gasteiger partial charge in [0.25, 0.3) is 0 Å². The molecule has 1 aromatic carbocycles. The van der Waals surface area contributed by atoms with Gasteiger partial charge in [0.2, 0.25) is 5.91 Å². The lowest BCUT2D eigenvalue weighted by atomic mass is 10.1. The molecule has 0 aliphatic rings. The summed E-state index contributed by atoms with van der Waals surface area (Å²) in [6.45, 7) is 6.16. The molecule has 0 aliphatic carbocycles. The molecule has 0 saturated carbocycles. The third-order valence-electron chi connectivity index (χ3n) is 1.84. The van der Waals surface area contributed by atoms with Crippen molar-refractivity contribution in [3.05, 3.63) is 46.5 Å². The Morgan fingerprint density at radius 2 is 2.27 bits per heavy atom. The predicted octanol–water partition coefficient (Wildman–Crippen LogP) is 2.68. The van der Waals surface area contributed by atoms with E-state index in [1.165, 1.54) is 0 Å². The SMILES string of the molecule is C=C(C)CNC(=O)Cc1cccc(Br)c1. The first-order valence-corrected chi connectivity index (χ1v) is 5.53. The second-order valence-corrected chi connectivity index (χ2v) is 4.46. The van der Waals surface area contributed by atoms with E-state index in [9.17, 15) is 4.79 Å². The number of benzene rings is 1. The molecule has 0 aliphatic heterocycles. The second kappa shape index (κ2) is 5.71.